The number of nitrogens with zero attached hydrogens (tertiary/aromatic N) is 3. The largest absolute Gasteiger partial charge is 0.368 e. The number of nitrogens with two attached hydrogens (primary N) is 1. The lowest BCUT2D eigenvalue weighted by molar-refractivity contribution is 0.322. The zero-order valence-electron chi connectivity index (χ0n) is 13.1. The van der Waals surface area contributed by atoms with Gasteiger partial charge in [-0.05, 0) is 19.1 Å². The number of benzene rings is 1. The normalized spacial score (nSPS) is 22.5. The molecule has 118 valence electrons. The van der Waals surface area contributed by atoms with Crippen molar-refractivity contribution in [1.82, 2.24) is 9.80 Å². The van der Waals surface area contributed by atoms with Crippen LogP contribution in [0.5, 0.6) is 0 Å². The van der Waals surface area contributed by atoms with Crippen LogP contribution in [0, 0.1) is 0 Å². The second-order valence-electron chi connectivity index (χ2n) is 5.65. The minimum absolute atomic E-state index is 0.0140. The third kappa shape index (κ3) is 2.96. The quantitative estimate of drug-likeness (QED) is 0.864. The molecular formula is C17H24N4S. The lowest BCUT2D eigenvalue weighted by atomic mass is 10.2. The fourth-order valence-electron chi connectivity index (χ4n) is 3.07. The van der Waals surface area contributed by atoms with Crippen LogP contribution in [0.25, 0.3) is 0 Å². The molecule has 1 aromatic carbocycles. The van der Waals surface area contributed by atoms with Crippen molar-refractivity contribution >= 4 is 17.4 Å². The second-order valence-corrected chi connectivity index (χ2v) is 6.76. The van der Waals surface area contributed by atoms with Crippen LogP contribution >= 0.6 is 11.8 Å². The Bertz CT molecular complexity index is 549. The zero-order chi connectivity index (χ0) is 15.5. The molecule has 1 unspecified atom stereocenters. The summed E-state index contributed by atoms with van der Waals surface area (Å²) < 4.78 is 0. The van der Waals surface area contributed by atoms with Crippen molar-refractivity contribution in [2.45, 2.75) is 12.4 Å². The molecule has 0 aliphatic carbocycles. The summed E-state index contributed by atoms with van der Waals surface area (Å²) in [5, 5.41) is 1.34. The molecule has 3 rings (SSSR count). The summed E-state index contributed by atoms with van der Waals surface area (Å²) in [5.41, 5.74) is 8.85. The zero-order valence-corrected chi connectivity index (χ0v) is 13.9. The van der Waals surface area contributed by atoms with E-state index in [9.17, 15) is 0 Å². The van der Waals surface area contributed by atoms with E-state index in [1.165, 1.54) is 16.4 Å². The first-order chi connectivity index (χ1) is 10.7. The summed E-state index contributed by atoms with van der Waals surface area (Å²) in [6, 6.07) is 10.7. The minimum atomic E-state index is 0.0140. The van der Waals surface area contributed by atoms with Crippen LogP contribution in [-0.4, -0.2) is 48.0 Å². The van der Waals surface area contributed by atoms with Gasteiger partial charge in [0, 0.05) is 44.1 Å². The van der Waals surface area contributed by atoms with Gasteiger partial charge in [-0.1, -0.05) is 36.0 Å². The van der Waals surface area contributed by atoms with E-state index >= 15 is 0 Å². The van der Waals surface area contributed by atoms with Crippen molar-refractivity contribution in [2.24, 2.45) is 5.73 Å². The van der Waals surface area contributed by atoms with Crippen LogP contribution in [0.1, 0.15) is 6.92 Å². The molecule has 0 saturated carbocycles. The standard InChI is InChI=1S/C17H24N4S/c1-3-9-21-14(2)16(22-17(21)18)20-12-10-19(11-13-20)15-7-5-4-6-8-15/h3-8,17H,1,9-13,18H2,2H3. The Hall–Kier alpha value is -1.59. The van der Waals surface area contributed by atoms with Gasteiger partial charge >= 0.3 is 0 Å². The van der Waals surface area contributed by atoms with Crippen molar-refractivity contribution in [3.8, 4) is 0 Å². The highest BCUT2D eigenvalue weighted by atomic mass is 32.2. The summed E-state index contributed by atoms with van der Waals surface area (Å²) in [5.74, 6) is 0. The highest BCUT2D eigenvalue weighted by Gasteiger charge is 2.31. The van der Waals surface area contributed by atoms with E-state index < -0.39 is 0 Å². The first-order valence-electron chi connectivity index (χ1n) is 7.76. The maximum absolute atomic E-state index is 6.23. The number of anilines is 1. The summed E-state index contributed by atoms with van der Waals surface area (Å²) in [7, 11) is 0. The fraction of sp³-hybridized carbons (Fsp3) is 0.412. The molecule has 0 spiro atoms. The van der Waals surface area contributed by atoms with Gasteiger partial charge in [0.15, 0.2) is 0 Å². The van der Waals surface area contributed by atoms with Gasteiger partial charge in [-0.15, -0.1) is 6.58 Å². The summed E-state index contributed by atoms with van der Waals surface area (Å²) in [6.07, 6.45) is 1.92. The summed E-state index contributed by atoms with van der Waals surface area (Å²) in [6.45, 7) is 11.0. The van der Waals surface area contributed by atoms with Crippen LogP contribution in [0.15, 0.2) is 53.7 Å². The molecule has 0 aromatic heterocycles. The molecule has 0 amide bonds. The molecule has 2 N–H and O–H groups in total. The van der Waals surface area contributed by atoms with Gasteiger partial charge in [0.25, 0.3) is 0 Å². The molecule has 1 atom stereocenters. The molecule has 2 heterocycles. The van der Waals surface area contributed by atoms with Crippen molar-refractivity contribution < 1.29 is 0 Å². The van der Waals surface area contributed by atoms with E-state index in [-0.39, 0.29) is 5.50 Å². The molecule has 2 aliphatic rings. The van der Waals surface area contributed by atoms with Crippen LogP contribution in [0.4, 0.5) is 5.69 Å². The monoisotopic (exact) mass is 316 g/mol. The highest BCUT2D eigenvalue weighted by molar-refractivity contribution is 8.03. The maximum Gasteiger partial charge on any atom is 0.131 e. The van der Waals surface area contributed by atoms with Crippen molar-refractivity contribution in [1.29, 1.82) is 0 Å². The van der Waals surface area contributed by atoms with E-state index in [4.69, 9.17) is 5.73 Å². The Morgan fingerprint density at radius 3 is 2.45 bits per heavy atom. The van der Waals surface area contributed by atoms with Crippen LogP contribution in [0.3, 0.4) is 0 Å². The third-order valence-electron chi connectivity index (χ3n) is 4.29. The number of hydrogen-bond acceptors (Lipinski definition) is 5. The number of hydrogen-bond donors (Lipinski definition) is 1. The number of piperazine rings is 1. The SMILES string of the molecule is C=CCN1C(C)=C(N2CCN(c3ccccc3)CC2)SC1N. The van der Waals surface area contributed by atoms with Crippen LogP contribution in [-0.2, 0) is 0 Å². The van der Waals surface area contributed by atoms with E-state index in [1.54, 1.807) is 11.8 Å². The number of para-hydroxylation sites is 1. The summed E-state index contributed by atoms with van der Waals surface area (Å²) in [4.78, 5) is 7.15. The van der Waals surface area contributed by atoms with Crippen LogP contribution < -0.4 is 10.6 Å². The molecular weight excluding hydrogens is 292 g/mol. The lowest BCUT2D eigenvalue weighted by Gasteiger charge is -2.37. The Kier molecular flexibility index (Phi) is 4.64. The molecule has 0 radical (unpaired) electrons. The predicted molar refractivity (Wildman–Crippen MR) is 95.4 cm³/mol. The Labute approximate surface area is 137 Å². The third-order valence-corrected chi connectivity index (χ3v) is 5.57. The molecule has 1 aromatic rings. The van der Waals surface area contributed by atoms with Crippen molar-refractivity contribution in [2.75, 3.05) is 37.6 Å². The molecule has 22 heavy (non-hydrogen) atoms. The first kappa shape index (κ1) is 15.3. The predicted octanol–water partition coefficient (Wildman–Crippen LogP) is 2.47. The van der Waals surface area contributed by atoms with Gasteiger partial charge in [-0.2, -0.15) is 0 Å². The Morgan fingerprint density at radius 1 is 1.18 bits per heavy atom. The van der Waals surface area contributed by atoms with E-state index in [2.05, 4.69) is 58.5 Å². The molecule has 2 aliphatic heterocycles. The number of allylic oxidation sites excluding steroid dienone is 1. The van der Waals surface area contributed by atoms with E-state index in [1.807, 2.05) is 6.08 Å². The van der Waals surface area contributed by atoms with Gasteiger partial charge in [0.2, 0.25) is 0 Å². The summed E-state index contributed by atoms with van der Waals surface area (Å²) >= 11 is 1.77. The van der Waals surface area contributed by atoms with E-state index in [0.717, 1.165) is 32.7 Å². The minimum Gasteiger partial charge on any atom is -0.368 e. The molecule has 5 heteroatoms. The van der Waals surface area contributed by atoms with Crippen molar-refractivity contribution in [3.63, 3.8) is 0 Å². The Morgan fingerprint density at radius 2 is 1.82 bits per heavy atom. The highest BCUT2D eigenvalue weighted by Crippen LogP contribution is 2.37. The van der Waals surface area contributed by atoms with E-state index in [0.29, 0.717) is 0 Å². The molecule has 0 bridgehead atoms. The first-order valence-corrected chi connectivity index (χ1v) is 8.64. The van der Waals surface area contributed by atoms with Crippen molar-refractivity contribution in [3.05, 3.63) is 53.7 Å². The number of thioether (sulfide) groups is 1. The lowest BCUT2D eigenvalue weighted by Crippen LogP contribution is -2.45. The average Bonchev–Trinajstić information content (AvgIpc) is 2.84. The molecule has 4 nitrogen and oxygen atoms in total. The smallest absolute Gasteiger partial charge is 0.131 e. The van der Waals surface area contributed by atoms with Gasteiger partial charge in [-0.3, -0.25) is 0 Å². The topological polar surface area (TPSA) is 35.7 Å². The maximum atomic E-state index is 6.23. The second kappa shape index (κ2) is 6.67. The average molecular weight is 316 g/mol. The van der Waals surface area contributed by atoms with Gasteiger partial charge in [0.05, 0.1) is 5.03 Å². The molecule has 1 saturated heterocycles. The van der Waals surface area contributed by atoms with Gasteiger partial charge < -0.3 is 20.4 Å². The van der Waals surface area contributed by atoms with Gasteiger partial charge in [0.1, 0.15) is 5.50 Å². The molecule has 1 fully saturated rings. The number of rotatable bonds is 4. The Balaban J connectivity index is 1.65. The van der Waals surface area contributed by atoms with Crippen LogP contribution in [0.2, 0.25) is 0 Å². The van der Waals surface area contributed by atoms with Gasteiger partial charge in [-0.25, -0.2) is 0 Å². The fourth-order valence-corrected chi connectivity index (χ4v) is 4.29.